The van der Waals surface area contributed by atoms with Crippen LogP contribution in [0.15, 0.2) is 18.2 Å². The molecule has 1 aromatic rings. The summed E-state index contributed by atoms with van der Waals surface area (Å²) in [5.74, 6) is 0.488. The molecule has 0 fully saturated rings. The van der Waals surface area contributed by atoms with Crippen LogP contribution in [0.3, 0.4) is 0 Å². The van der Waals surface area contributed by atoms with Crippen molar-refractivity contribution in [1.29, 1.82) is 0 Å². The van der Waals surface area contributed by atoms with Crippen LogP contribution in [0.4, 0.5) is 5.69 Å². The number of hydrogen-bond donors (Lipinski definition) is 2. The van der Waals surface area contributed by atoms with E-state index in [1.807, 2.05) is 0 Å². The van der Waals surface area contributed by atoms with E-state index in [0.29, 0.717) is 17.2 Å². The number of sulfonamides is 1. The largest absolute Gasteiger partial charge is 0.497 e. The van der Waals surface area contributed by atoms with E-state index < -0.39 is 15.8 Å². The average molecular weight is 290 g/mol. The minimum absolute atomic E-state index is 0.102. The molecule has 3 N–H and O–H groups in total. The SMILES string of the molecule is COc1ccc(NS(=O)(=O)CC(N)=S)c(OC)c1. The molecule has 6 nitrogen and oxygen atoms in total. The third-order valence-corrected chi connectivity index (χ3v) is 3.56. The Labute approximate surface area is 111 Å². The third-order valence-electron chi connectivity index (χ3n) is 2.01. The highest BCUT2D eigenvalue weighted by Gasteiger charge is 2.15. The lowest BCUT2D eigenvalue weighted by molar-refractivity contribution is 0.395. The van der Waals surface area contributed by atoms with Gasteiger partial charge in [-0.1, -0.05) is 12.2 Å². The van der Waals surface area contributed by atoms with Crippen LogP contribution in [-0.4, -0.2) is 33.4 Å². The molecule has 0 atom stereocenters. The van der Waals surface area contributed by atoms with E-state index in [-0.39, 0.29) is 4.99 Å². The van der Waals surface area contributed by atoms with Gasteiger partial charge in [0.25, 0.3) is 0 Å². The van der Waals surface area contributed by atoms with E-state index in [2.05, 4.69) is 16.9 Å². The fourth-order valence-electron chi connectivity index (χ4n) is 1.27. The van der Waals surface area contributed by atoms with Crippen molar-refractivity contribution >= 4 is 32.9 Å². The van der Waals surface area contributed by atoms with Gasteiger partial charge in [0, 0.05) is 6.07 Å². The van der Waals surface area contributed by atoms with Crippen LogP contribution in [0, 0.1) is 0 Å². The van der Waals surface area contributed by atoms with Crippen LogP contribution in [0.2, 0.25) is 0 Å². The van der Waals surface area contributed by atoms with Gasteiger partial charge < -0.3 is 15.2 Å². The Hall–Kier alpha value is -1.54. The molecule has 0 aliphatic carbocycles. The normalized spacial score (nSPS) is 10.8. The second kappa shape index (κ2) is 5.87. The molecule has 0 bridgehead atoms. The van der Waals surface area contributed by atoms with Gasteiger partial charge in [-0.15, -0.1) is 0 Å². The molecule has 0 aromatic heterocycles. The quantitative estimate of drug-likeness (QED) is 0.751. The van der Waals surface area contributed by atoms with E-state index in [1.54, 1.807) is 12.1 Å². The molecule has 0 aliphatic heterocycles. The Kier molecular flexibility index (Phi) is 4.74. The van der Waals surface area contributed by atoms with Crippen molar-refractivity contribution in [3.63, 3.8) is 0 Å². The molecule has 0 amide bonds. The lowest BCUT2D eigenvalue weighted by Gasteiger charge is -2.12. The zero-order valence-corrected chi connectivity index (χ0v) is 11.6. The highest BCUT2D eigenvalue weighted by Crippen LogP contribution is 2.29. The van der Waals surface area contributed by atoms with Gasteiger partial charge >= 0.3 is 0 Å². The van der Waals surface area contributed by atoms with Crippen molar-refractivity contribution in [3.05, 3.63) is 18.2 Å². The standard InChI is InChI=1S/C10H14N2O4S2/c1-15-7-3-4-8(9(5-7)16-2)12-18(13,14)6-10(11)17/h3-5,12H,6H2,1-2H3,(H2,11,17). The van der Waals surface area contributed by atoms with Crippen LogP contribution in [-0.2, 0) is 10.0 Å². The molecule has 1 rings (SSSR count). The molecule has 0 saturated carbocycles. The molecule has 8 heteroatoms. The number of rotatable bonds is 6. The Morgan fingerprint density at radius 3 is 2.56 bits per heavy atom. The molecule has 0 aliphatic rings. The van der Waals surface area contributed by atoms with E-state index >= 15 is 0 Å². The second-order valence-electron chi connectivity index (χ2n) is 3.39. The smallest absolute Gasteiger partial charge is 0.239 e. The number of methoxy groups -OCH3 is 2. The highest BCUT2D eigenvalue weighted by atomic mass is 32.2. The molecule has 0 unspecified atom stereocenters. The van der Waals surface area contributed by atoms with Crippen LogP contribution in [0.5, 0.6) is 11.5 Å². The number of thiocarbonyl (C=S) groups is 1. The van der Waals surface area contributed by atoms with Gasteiger partial charge in [0.1, 0.15) is 17.3 Å². The summed E-state index contributed by atoms with van der Waals surface area (Å²) in [7, 11) is -0.687. The lowest BCUT2D eigenvalue weighted by atomic mass is 10.3. The van der Waals surface area contributed by atoms with E-state index in [0.717, 1.165) is 0 Å². The molecular weight excluding hydrogens is 276 g/mol. The first-order valence-corrected chi connectivity index (χ1v) is 6.95. The monoisotopic (exact) mass is 290 g/mol. The number of nitrogens with one attached hydrogen (secondary N) is 1. The zero-order valence-electron chi connectivity index (χ0n) is 9.97. The number of nitrogens with two attached hydrogens (primary N) is 1. The second-order valence-corrected chi connectivity index (χ2v) is 5.64. The van der Waals surface area contributed by atoms with Crippen molar-refractivity contribution in [2.75, 3.05) is 24.7 Å². The molecule has 0 spiro atoms. The molecule has 100 valence electrons. The summed E-state index contributed by atoms with van der Waals surface area (Å²) in [5, 5.41) is 0. The number of ether oxygens (including phenoxy) is 2. The minimum atomic E-state index is -3.62. The van der Waals surface area contributed by atoms with Gasteiger partial charge in [-0.05, 0) is 12.1 Å². The summed E-state index contributed by atoms with van der Waals surface area (Å²) in [6.45, 7) is 0. The average Bonchev–Trinajstić information content (AvgIpc) is 2.27. The Morgan fingerprint density at radius 2 is 2.06 bits per heavy atom. The topological polar surface area (TPSA) is 90.7 Å². The van der Waals surface area contributed by atoms with E-state index in [1.165, 1.54) is 20.3 Å². The summed E-state index contributed by atoms with van der Waals surface area (Å²) in [4.78, 5) is -0.102. The summed E-state index contributed by atoms with van der Waals surface area (Å²) in [5.41, 5.74) is 5.51. The molecule has 18 heavy (non-hydrogen) atoms. The predicted octanol–water partition coefficient (Wildman–Crippen LogP) is 0.732. The number of anilines is 1. The Balaban J connectivity index is 3.00. The van der Waals surface area contributed by atoms with Crippen LogP contribution >= 0.6 is 12.2 Å². The maximum atomic E-state index is 11.7. The number of hydrogen-bond acceptors (Lipinski definition) is 5. The Morgan fingerprint density at radius 1 is 1.39 bits per heavy atom. The van der Waals surface area contributed by atoms with Crippen molar-refractivity contribution < 1.29 is 17.9 Å². The molecular formula is C10H14N2O4S2. The molecule has 0 saturated heterocycles. The van der Waals surface area contributed by atoms with Gasteiger partial charge in [0.15, 0.2) is 0 Å². The van der Waals surface area contributed by atoms with Crippen LogP contribution in [0.1, 0.15) is 0 Å². The van der Waals surface area contributed by atoms with Crippen molar-refractivity contribution in [1.82, 2.24) is 0 Å². The molecule has 0 heterocycles. The summed E-state index contributed by atoms with van der Waals surface area (Å²) < 4.78 is 35.8. The van der Waals surface area contributed by atoms with Gasteiger partial charge in [-0.25, -0.2) is 8.42 Å². The van der Waals surface area contributed by atoms with Crippen LogP contribution < -0.4 is 19.9 Å². The van der Waals surface area contributed by atoms with Gasteiger partial charge in [0.2, 0.25) is 10.0 Å². The molecule has 0 radical (unpaired) electrons. The first kappa shape index (κ1) is 14.5. The summed E-state index contributed by atoms with van der Waals surface area (Å²) in [6, 6.07) is 4.72. The molecule has 1 aromatic carbocycles. The van der Waals surface area contributed by atoms with Gasteiger partial charge in [-0.3, -0.25) is 4.72 Å². The Bertz CT molecular complexity index is 543. The first-order chi connectivity index (χ1) is 8.38. The van der Waals surface area contributed by atoms with Crippen molar-refractivity contribution in [3.8, 4) is 11.5 Å². The maximum Gasteiger partial charge on any atom is 0.239 e. The lowest BCUT2D eigenvalue weighted by Crippen LogP contribution is -2.26. The fourth-order valence-corrected chi connectivity index (χ4v) is 2.69. The highest BCUT2D eigenvalue weighted by molar-refractivity contribution is 7.95. The summed E-state index contributed by atoms with van der Waals surface area (Å²) in [6.07, 6.45) is 0. The fraction of sp³-hybridized carbons (Fsp3) is 0.300. The van der Waals surface area contributed by atoms with Crippen LogP contribution in [0.25, 0.3) is 0 Å². The first-order valence-electron chi connectivity index (χ1n) is 4.89. The van der Waals surface area contributed by atoms with Crippen molar-refractivity contribution in [2.24, 2.45) is 5.73 Å². The van der Waals surface area contributed by atoms with E-state index in [4.69, 9.17) is 15.2 Å². The third kappa shape index (κ3) is 4.04. The predicted molar refractivity (Wildman–Crippen MR) is 73.7 cm³/mol. The van der Waals surface area contributed by atoms with Crippen molar-refractivity contribution in [2.45, 2.75) is 0 Å². The zero-order chi connectivity index (χ0) is 13.8. The van der Waals surface area contributed by atoms with Gasteiger partial charge in [0.05, 0.1) is 24.9 Å². The maximum absolute atomic E-state index is 11.7. The summed E-state index contributed by atoms with van der Waals surface area (Å²) >= 11 is 4.57. The number of benzene rings is 1. The van der Waals surface area contributed by atoms with E-state index in [9.17, 15) is 8.42 Å². The minimum Gasteiger partial charge on any atom is -0.497 e. The van der Waals surface area contributed by atoms with Gasteiger partial charge in [-0.2, -0.15) is 0 Å².